The van der Waals surface area contributed by atoms with Crippen LogP contribution in [0.2, 0.25) is 0 Å². The molecule has 0 spiro atoms. The maximum atomic E-state index is 12.3. The fourth-order valence-electron chi connectivity index (χ4n) is 2.19. The molecule has 0 radical (unpaired) electrons. The van der Waals surface area contributed by atoms with Gasteiger partial charge in [-0.3, -0.25) is 10.1 Å². The number of hydrogen-bond acceptors (Lipinski definition) is 6. The van der Waals surface area contributed by atoms with Gasteiger partial charge in [-0.1, -0.05) is 54.2 Å². The normalized spacial score (nSPS) is 11.2. The van der Waals surface area contributed by atoms with Gasteiger partial charge >= 0.3 is 0 Å². The number of nitriles is 1. The van der Waals surface area contributed by atoms with Crippen molar-refractivity contribution in [1.82, 2.24) is 9.36 Å². The molecule has 5 nitrogen and oxygen atoms in total. The molecule has 0 saturated carbocycles. The van der Waals surface area contributed by atoms with Gasteiger partial charge in [0.2, 0.25) is 10.3 Å². The zero-order valence-electron chi connectivity index (χ0n) is 12.7. The maximum absolute atomic E-state index is 12.3. The van der Waals surface area contributed by atoms with E-state index in [2.05, 4.69) is 14.7 Å². The van der Waals surface area contributed by atoms with Crippen LogP contribution in [0.5, 0.6) is 0 Å². The van der Waals surface area contributed by atoms with Gasteiger partial charge in [0.05, 0.1) is 0 Å². The first-order valence-corrected chi connectivity index (χ1v) is 8.99. The molecule has 2 aromatic carbocycles. The number of aromatic nitrogens is 2. The van der Waals surface area contributed by atoms with E-state index < -0.39 is 5.91 Å². The molecular weight excluding hydrogens is 340 g/mol. The number of anilines is 1. The van der Waals surface area contributed by atoms with E-state index in [-0.39, 0.29) is 5.57 Å². The van der Waals surface area contributed by atoms with Crippen molar-refractivity contribution in [3.8, 4) is 6.07 Å². The average molecular weight is 352 g/mol. The third-order valence-corrected chi connectivity index (χ3v) is 4.59. The number of amides is 1. The number of carbonyl (C=O) groups is 1. The summed E-state index contributed by atoms with van der Waals surface area (Å²) in [4.78, 5) is 16.5. The largest absolute Gasteiger partial charge is 0.296 e. The lowest BCUT2D eigenvalue weighted by Gasteiger charge is -2.03. The highest BCUT2D eigenvalue weighted by atomic mass is 32.2. The number of nitrogens with one attached hydrogen (secondary N) is 1. The van der Waals surface area contributed by atoms with Crippen LogP contribution in [0.1, 0.15) is 5.56 Å². The third-order valence-electron chi connectivity index (χ3n) is 3.30. The lowest BCUT2D eigenvalue weighted by molar-refractivity contribution is -0.112. The Morgan fingerprint density at radius 1 is 1.29 bits per heavy atom. The Labute approximate surface area is 147 Å². The number of benzene rings is 2. The van der Waals surface area contributed by atoms with Crippen LogP contribution >= 0.6 is 23.3 Å². The predicted octanol–water partition coefficient (Wildman–Crippen LogP) is 3.96. The van der Waals surface area contributed by atoms with Crippen molar-refractivity contribution in [3.05, 3.63) is 53.6 Å². The van der Waals surface area contributed by atoms with Gasteiger partial charge < -0.3 is 0 Å². The fourth-order valence-corrected chi connectivity index (χ4v) is 3.31. The van der Waals surface area contributed by atoms with Crippen molar-refractivity contribution in [2.24, 2.45) is 0 Å². The summed E-state index contributed by atoms with van der Waals surface area (Å²) in [5, 5.41) is 15.0. The van der Waals surface area contributed by atoms with Crippen LogP contribution in [0.25, 0.3) is 16.8 Å². The van der Waals surface area contributed by atoms with Gasteiger partial charge in [-0.25, -0.2) is 0 Å². The molecule has 3 rings (SSSR count). The smallest absolute Gasteiger partial charge is 0.268 e. The first kappa shape index (κ1) is 16.2. The van der Waals surface area contributed by atoms with Crippen molar-refractivity contribution < 1.29 is 4.79 Å². The van der Waals surface area contributed by atoms with Crippen LogP contribution in [0.15, 0.2) is 53.2 Å². The van der Waals surface area contributed by atoms with E-state index >= 15 is 0 Å². The van der Waals surface area contributed by atoms with E-state index in [9.17, 15) is 10.1 Å². The molecule has 0 atom stereocenters. The standard InChI is InChI=1S/C17H12N4OS2/c1-23-17-20-16(24-21-17)19-15(22)13(10-18)9-12-7-4-6-11-5-2-3-8-14(11)12/h2-9H,1H3,(H,19,20,21,22)/b13-9+. The Kier molecular flexibility index (Phi) is 4.89. The monoisotopic (exact) mass is 352 g/mol. The molecule has 0 aliphatic heterocycles. The first-order chi connectivity index (χ1) is 11.7. The number of carbonyl (C=O) groups excluding carboxylic acids is 1. The minimum absolute atomic E-state index is 0.0206. The van der Waals surface area contributed by atoms with E-state index in [4.69, 9.17) is 0 Å². The Morgan fingerprint density at radius 2 is 2.08 bits per heavy atom. The molecule has 3 aromatic rings. The van der Waals surface area contributed by atoms with Gasteiger partial charge in [0.1, 0.15) is 11.6 Å². The van der Waals surface area contributed by atoms with Gasteiger partial charge in [-0.05, 0) is 28.7 Å². The van der Waals surface area contributed by atoms with Crippen LogP contribution in [0, 0.1) is 11.3 Å². The number of rotatable bonds is 4. The van der Waals surface area contributed by atoms with Gasteiger partial charge in [-0.2, -0.15) is 14.6 Å². The van der Waals surface area contributed by atoms with Crippen molar-refractivity contribution in [2.45, 2.75) is 5.16 Å². The van der Waals surface area contributed by atoms with Gasteiger partial charge in [0.15, 0.2) is 0 Å². The van der Waals surface area contributed by atoms with E-state index in [0.717, 1.165) is 27.9 Å². The highest BCUT2D eigenvalue weighted by Crippen LogP contribution is 2.22. The number of fused-ring (bicyclic) bond motifs is 1. The van der Waals surface area contributed by atoms with E-state index in [0.29, 0.717) is 10.3 Å². The van der Waals surface area contributed by atoms with Crippen LogP contribution in [0.3, 0.4) is 0 Å². The second-order valence-corrected chi connectivity index (χ2v) is 6.30. The molecule has 7 heteroatoms. The highest BCUT2D eigenvalue weighted by Gasteiger charge is 2.13. The summed E-state index contributed by atoms with van der Waals surface area (Å²) in [5.41, 5.74) is 0.842. The molecule has 24 heavy (non-hydrogen) atoms. The molecule has 1 heterocycles. The SMILES string of the molecule is CSc1nsc(NC(=O)/C(C#N)=C/c2cccc3ccccc23)n1. The molecule has 1 aromatic heterocycles. The van der Waals surface area contributed by atoms with Crippen molar-refractivity contribution in [2.75, 3.05) is 11.6 Å². The number of thioether (sulfide) groups is 1. The first-order valence-electron chi connectivity index (χ1n) is 7.00. The summed E-state index contributed by atoms with van der Waals surface area (Å²) in [6, 6.07) is 15.6. The minimum Gasteiger partial charge on any atom is -0.296 e. The molecule has 118 valence electrons. The summed E-state index contributed by atoms with van der Waals surface area (Å²) < 4.78 is 4.07. The second-order valence-electron chi connectivity index (χ2n) is 4.78. The summed E-state index contributed by atoms with van der Waals surface area (Å²) in [6.07, 6.45) is 3.45. The Hall–Kier alpha value is -2.69. The van der Waals surface area contributed by atoms with Crippen LogP contribution < -0.4 is 5.32 Å². The Balaban J connectivity index is 1.91. The molecule has 0 aliphatic rings. The summed E-state index contributed by atoms with van der Waals surface area (Å²) in [6.45, 7) is 0. The van der Waals surface area contributed by atoms with Crippen LogP contribution in [-0.4, -0.2) is 21.5 Å². The minimum atomic E-state index is -0.491. The van der Waals surface area contributed by atoms with Gasteiger partial charge in [0.25, 0.3) is 5.91 Å². The van der Waals surface area contributed by atoms with Crippen molar-refractivity contribution in [1.29, 1.82) is 5.26 Å². The third kappa shape index (κ3) is 3.45. The lowest BCUT2D eigenvalue weighted by atomic mass is 10.0. The summed E-state index contributed by atoms with van der Waals surface area (Å²) in [5.74, 6) is -0.491. The fraction of sp³-hybridized carbons (Fsp3) is 0.0588. The van der Waals surface area contributed by atoms with Crippen LogP contribution in [-0.2, 0) is 4.79 Å². The Morgan fingerprint density at radius 3 is 2.83 bits per heavy atom. The summed E-state index contributed by atoms with van der Waals surface area (Å²) >= 11 is 2.48. The maximum Gasteiger partial charge on any atom is 0.268 e. The lowest BCUT2D eigenvalue weighted by Crippen LogP contribution is -2.13. The predicted molar refractivity (Wildman–Crippen MR) is 97.9 cm³/mol. The van der Waals surface area contributed by atoms with Gasteiger partial charge in [0, 0.05) is 11.5 Å². The summed E-state index contributed by atoms with van der Waals surface area (Å²) in [7, 11) is 0. The molecule has 0 unspecified atom stereocenters. The number of nitrogens with zero attached hydrogens (tertiary/aromatic N) is 3. The zero-order valence-corrected chi connectivity index (χ0v) is 14.3. The molecule has 0 saturated heterocycles. The average Bonchev–Trinajstić information content (AvgIpc) is 3.07. The molecule has 1 amide bonds. The second kappa shape index (κ2) is 7.25. The zero-order chi connectivity index (χ0) is 16.9. The molecule has 1 N–H and O–H groups in total. The molecule has 0 bridgehead atoms. The molecular formula is C17H12N4OS2. The molecule has 0 aliphatic carbocycles. The van der Waals surface area contributed by atoms with E-state index in [1.165, 1.54) is 11.8 Å². The number of hydrogen-bond donors (Lipinski definition) is 1. The Bertz CT molecular complexity index is 967. The van der Waals surface area contributed by atoms with E-state index in [1.54, 1.807) is 6.08 Å². The van der Waals surface area contributed by atoms with Gasteiger partial charge in [-0.15, -0.1) is 0 Å². The van der Waals surface area contributed by atoms with Crippen molar-refractivity contribution >= 4 is 51.2 Å². The highest BCUT2D eigenvalue weighted by molar-refractivity contribution is 7.98. The topological polar surface area (TPSA) is 78.7 Å². The molecule has 0 fully saturated rings. The van der Waals surface area contributed by atoms with E-state index in [1.807, 2.05) is 54.8 Å². The van der Waals surface area contributed by atoms with Crippen LogP contribution in [0.4, 0.5) is 5.13 Å². The quantitative estimate of drug-likeness (QED) is 0.437. The van der Waals surface area contributed by atoms with Crippen molar-refractivity contribution in [3.63, 3.8) is 0 Å².